The van der Waals surface area contributed by atoms with Crippen LogP contribution in [0, 0.1) is 0 Å². The summed E-state index contributed by atoms with van der Waals surface area (Å²) in [5.41, 5.74) is 1.99. The van der Waals surface area contributed by atoms with E-state index in [1.165, 1.54) is 0 Å². The average molecular weight is 438 g/mol. The molecule has 32 heavy (non-hydrogen) atoms. The molecule has 170 valence electrons. The number of aromatic nitrogens is 2. The molecule has 3 aromatic rings. The van der Waals surface area contributed by atoms with Crippen LogP contribution in [0.3, 0.4) is 0 Å². The molecule has 0 aliphatic rings. The summed E-state index contributed by atoms with van der Waals surface area (Å²) in [6, 6.07) is 15.6. The molecule has 0 saturated carbocycles. The van der Waals surface area contributed by atoms with Gasteiger partial charge in [-0.1, -0.05) is 36.3 Å². The van der Waals surface area contributed by atoms with E-state index in [9.17, 15) is 0 Å². The maximum Gasteiger partial charge on any atom is 0.257 e. The van der Waals surface area contributed by atoms with Crippen molar-refractivity contribution in [3.8, 4) is 23.0 Å². The van der Waals surface area contributed by atoms with Gasteiger partial charge in [-0.2, -0.15) is 4.98 Å². The smallest absolute Gasteiger partial charge is 0.257 e. The molecule has 0 amide bonds. The fourth-order valence-corrected chi connectivity index (χ4v) is 3.13. The third-order valence-corrected chi connectivity index (χ3v) is 4.75. The number of hydrogen-bond acceptors (Lipinski definition) is 6. The molecule has 2 N–H and O–H groups in total. The fourth-order valence-electron chi connectivity index (χ4n) is 3.13. The Kier molecular flexibility index (Phi) is 8.48. The van der Waals surface area contributed by atoms with E-state index >= 15 is 0 Å². The summed E-state index contributed by atoms with van der Waals surface area (Å²) in [5.74, 6) is 3.39. The van der Waals surface area contributed by atoms with Crippen LogP contribution in [0.1, 0.15) is 31.7 Å². The summed E-state index contributed by atoms with van der Waals surface area (Å²) >= 11 is 0. The Morgan fingerprint density at radius 2 is 1.94 bits per heavy atom. The lowest BCUT2D eigenvalue weighted by Gasteiger charge is -2.19. The number of ether oxygens (including phenoxy) is 2. The van der Waals surface area contributed by atoms with Crippen molar-refractivity contribution in [3.63, 3.8) is 0 Å². The Labute approximate surface area is 189 Å². The zero-order valence-electron chi connectivity index (χ0n) is 19.1. The molecule has 1 atom stereocenters. The molecule has 8 nitrogen and oxygen atoms in total. The molecule has 1 heterocycles. The van der Waals surface area contributed by atoms with Crippen LogP contribution in [-0.2, 0) is 13.0 Å². The van der Waals surface area contributed by atoms with E-state index < -0.39 is 0 Å². The molecule has 0 saturated heterocycles. The van der Waals surface area contributed by atoms with Gasteiger partial charge in [0.2, 0.25) is 0 Å². The summed E-state index contributed by atoms with van der Waals surface area (Å²) < 4.78 is 16.7. The number of nitrogens with zero attached hydrogens (tertiary/aromatic N) is 3. The highest BCUT2D eigenvalue weighted by Gasteiger charge is 2.11. The average Bonchev–Trinajstić information content (AvgIpc) is 3.29. The van der Waals surface area contributed by atoms with Crippen molar-refractivity contribution >= 4 is 5.96 Å². The predicted octanol–water partition coefficient (Wildman–Crippen LogP) is 3.83. The Hall–Kier alpha value is -3.55. The number of guanidine groups is 1. The minimum absolute atomic E-state index is 0.0805. The van der Waals surface area contributed by atoms with E-state index in [1.54, 1.807) is 14.2 Å². The van der Waals surface area contributed by atoms with Gasteiger partial charge in [0.1, 0.15) is 6.10 Å². The molecule has 2 aromatic carbocycles. The Morgan fingerprint density at radius 3 is 2.69 bits per heavy atom. The number of rotatable bonds is 10. The van der Waals surface area contributed by atoms with Crippen LogP contribution >= 0.6 is 0 Å². The number of hydrogen-bond donors (Lipinski definition) is 2. The summed E-state index contributed by atoms with van der Waals surface area (Å²) in [5, 5.41) is 10.6. The van der Waals surface area contributed by atoms with Gasteiger partial charge in [-0.15, -0.1) is 0 Å². The van der Waals surface area contributed by atoms with Gasteiger partial charge in [-0.25, -0.2) is 0 Å². The Balaban J connectivity index is 1.52. The Bertz CT molecular complexity index is 1020. The third-order valence-electron chi connectivity index (χ3n) is 4.75. The van der Waals surface area contributed by atoms with E-state index in [0.717, 1.165) is 29.8 Å². The Morgan fingerprint density at radius 1 is 1.12 bits per heavy atom. The van der Waals surface area contributed by atoms with Gasteiger partial charge in [0.25, 0.3) is 5.89 Å². The minimum atomic E-state index is -0.0805. The van der Waals surface area contributed by atoms with Crippen molar-refractivity contribution in [2.75, 3.05) is 20.7 Å². The first kappa shape index (κ1) is 23.1. The lowest BCUT2D eigenvalue weighted by atomic mass is 10.1. The van der Waals surface area contributed by atoms with Gasteiger partial charge in [-0.05, 0) is 43.2 Å². The van der Waals surface area contributed by atoms with E-state index in [2.05, 4.69) is 32.7 Å². The summed E-state index contributed by atoms with van der Waals surface area (Å²) in [4.78, 5) is 8.75. The molecule has 0 spiro atoms. The molecular weight excluding hydrogens is 406 g/mol. The number of nitrogens with one attached hydrogen (secondary N) is 2. The van der Waals surface area contributed by atoms with Crippen LogP contribution in [0.4, 0.5) is 0 Å². The third kappa shape index (κ3) is 6.47. The van der Waals surface area contributed by atoms with Gasteiger partial charge >= 0.3 is 0 Å². The van der Waals surface area contributed by atoms with Crippen molar-refractivity contribution in [3.05, 3.63) is 59.9 Å². The topological polar surface area (TPSA) is 93.8 Å². The quantitative estimate of drug-likeness (QED) is 0.368. The maximum atomic E-state index is 5.98. The molecule has 1 aromatic heterocycles. The van der Waals surface area contributed by atoms with Gasteiger partial charge < -0.3 is 24.6 Å². The molecule has 1 unspecified atom stereocenters. The van der Waals surface area contributed by atoms with Crippen molar-refractivity contribution < 1.29 is 14.0 Å². The highest BCUT2D eigenvalue weighted by atomic mass is 16.5. The van der Waals surface area contributed by atoms with Crippen LogP contribution in [0.25, 0.3) is 11.5 Å². The second-order valence-electron chi connectivity index (χ2n) is 7.35. The van der Waals surface area contributed by atoms with Crippen molar-refractivity contribution in [1.82, 2.24) is 20.8 Å². The molecular formula is C24H31N5O3. The summed E-state index contributed by atoms with van der Waals surface area (Å²) in [7, 11) is 3.37. The van der Waals surface area contributed by atoms with Crippen LogP contribution in [0.5, 0.6) is 11.5 Å². The van der Waals surface area contributed by atoms with E-state index in [4.69, 9.17) is 14.0 Å². The highest BCUT2D eigenvalue weighted by molar-refractivity contribution is 5.79. The van der Waals surface area contributed by atoms with Gasteiger partial charge in [-0.3, -0.25) is 4.99 Å². The van der Waals surface area contributed by atoms with Crippen molar-refractivity contribution in [2.45, 2.75) is 39.3 Å². The molecule has 8 heteroatoms. The van der Waals surface area contributed by atoms with E-state index in [-0.39, 0.29) is 6.10 Å². The number of aryl methyl sites for hydroxylation is 1. The van der Waals surface area contributed by atoms with Crippen LogP contribution in [0.15, 0.2) is 58.0 Å². The number of para-hydroxylation sites is 2. The van der Waals surface area contributed by atoms with Crippen LogP contribution in [-0.4, -0.2) is 42.9 Å². The molecule has 0 fully saturated rings. The van der Waals surface area contributed by atoms with Crippen molar-refractivity contribution in [2.24, 2.45) is 4.99 Å². The van der Waals surface area contributed by atoms with Crippen LogP contribution in [0.2, 0.25) is 0 Å². The van der Waals surface area contributed by atoms with E-state index in [1.807, 2.05) is 55.5 Å². The largest absolute Gasteiger partial charge is 0.493 e. The van der Waals surface area contributed by atoms with Crippen LogP contribution < -0.4 is 20.1 Å². The second-order valence-corrected chi connectivity index (χ2v) is 7.35. The van der Waals surface area contributed by atoms with E-state index in [0.29, 0.717) is 36.4 Å². The monoisotopic (exact) mass is 437 g/mol. The summed E-state index contributed by atoms with van der Waals surface area (Å²) in [6.07, 6.45) is 1.71. The maximum absolute atomic E-state index is 5.98. The first-order valence-electron chi connectivity index (χ1n) is 10.8. The zero-order chi connectivity index (χ0) is 22.8. The normalized spacial score (nSPS) is 12.3. The van der Waals surface area contributed by atoms with Gasteiger partial charge in [0.05, 0.1) is 13.7 Å². The first-order chi connectivity index (χ1) is 15.6. The first-order valence-corrected chi connectivity index (χ1v) is 10.8. The zero-order valence-corrected chi connectivity index (χ0v) is 19.1. The highest BCUT2D eigenvalue weighted by Crippen LogP contribution is 2.26. The fraction of sp³-hybridized carbons (Fsp3) is 0.375. The lowest BCUT2D eigenvalue weighted by Crippen LogP contribution is -2.41. The molecule has 0 radical (unpaired) electrons. The second kappa shape index (κ2) is 11.7. The number of aliphatic imine (C=N–C) groups is 1. The molecule has 0 bridgehead atoms. The molecule has 3 rings (SSSR count). The number of methoxy groups -OCH3 is 1. The molecule has 0 aliphatic heterocycles. The summed E-state index contributed by atoms with van der Waals surface area (Å²) in [6.45, 7) is 5.27. The molecule has 0 aliphatic carbocycles. The standard InChI is InChI=1S/C24H31N5O3/c1-5-9-22-28-23(32-29-22)19-11-8-10-18(14-19)16-27-24(25-3)26-15-17(2)31-21-13-7-6-12-20(21)30-4/h6-8,10-14,17H,5,9,15-16H2,1-4H3,(H2,25,26,27). The minimum Gasteiger partial charge on any atom is -0.493 e. The van der Waals surface area contributed by atoms with Crippen molar-refractivity contribution in [1.29, 1.82) is 0 Å². The SMILES string of the molecule is CCCc1noc(-c2cccc(CNC(=NC)NCC(C)Oc3ccccc3OC)c2)n1. The lowest BCUT2D eigenvalue weighted by molar-refractivity contribution is 0.213. The van der Waals surface area contributed by atoms with Gasteiger partial charge in [0, 0.05) is 25.6 Å². The predicted molar refractivity (Wildman–Crippen MR) is 125 cm³/mol. The van der Waals surface area contributed by atoms with Gasteiger partial charge in [0.15, 0.2) is 23.3 Å². The number of benzene rings is 2.